The summed E-state index contributed by atoms with van der Waals surface area (Å²) < 4.78 is 22.4. The van der Waals surface area contributed by atoms with Gasteiger partial charge >= 0.3 is 6.01 Å². The number of fused-ring (bicyclic) bond motifs is 4. The number of anilines is 2. The van der Waals surface area contributed by atoms with Crippen LogP contribution in [0.4, 0.5) is 15.2 Å². The summed E-state index contributed by atoms with van der Waals surface area (Å²) in [5.41, 5.74) is 8.60. The predicted octanol–water partition coefficient (Wildman–Crippen LogP) is 4.24. The second kappa shape index (κ2) is 9.54. The number of halogens is 1. The molecule has 2 atom stereocenters. The predicted molar refractivity (Wildman–Crippen MR) is 161 cm³/mol. The van der Waals surface area contributed by atoms with Crippen LogP contribution in [0.15, 0.2) is 17.8 Å². The van der Waals surface area contributed by atoms with Crippen molar-refractivity contribution in [2.45, 2.75) is 48.0 Å². The van der Waals surface area contributed by atoms with Crippen LogP contribution in [0.5, 0.6) is 6.01 Å². The summed E-state index contributed by atoms with van der Waals surface area (Å²) in [7, 11) is 0. The van der Waals surface area contributed by atoms with Crippen molar-refractivity contribution in [1.29, 1.82) is 10.5 Å². The molecule has 2 N–H and O–H groups in total. The number of nitriles is 2. The molecule has 4 aliphatic rings. The van der Waals surface area contributed by atoms with Crippen molar-refractivity contribution >= 4 is 56.3 Å². The maximum Gasteiger partial charge on any atom is 0.320 e. The standard InChI is InChI=1S/C28H26FN9OS3/c29-17-6-27(2-1-4-38(27)10-17)15-39-26-34-24-21(16(7-30)9-36(24)11-20-33-3-5-40-20)25(35-26)37-13-28(14-37)22-18(8-31)23(32)42-19(22)12-41-28/h3,5,9,17H,1-2,4,6,10-15,32H2/t17-,27+/m1/s1. The SMILES string of the molecule is N#Cc1c(N)sc2c1C1(CN(c3nc(OC[C@@]45CCCN4C[C@H](F)C5)nc4c3c(C#N)cn4Cc3nccs3)C1)SC2. The first-order valence-corrected chi connectivity index (χ1v) is 16.5. The molecule has 0 unspecified atom stereocenters. The highest BCUT2D eigenvalue weighted by molar-refractivity contribution is 8.00. The van der Waals surface area contributed by atoms with Gasteiger partial charge in [0.25, 0.3) is 0 Å². The minimum atomic E-state index is -0.850. The van der Waals surface area contributed by atoms with Crippen LogP contribution in [0.2, 0.25) is 0 Å². The zero-order valence-electron chi connectivity index (χ0n) is 22.5. The summed E-state index contributed by atoms with van der Waals surface area (Å²) in [5, 5.41) is 24.1. The van der Waals surface area contributed by atoms with Crippen LogP contribution in [0.1, 0.15) is 45.8 Å². The highest BCUT2D eigenvalue weighted by Gasteiger charge is 2.53. The monoisotopic (exact) mass is 619 g/mol. The minimum Gasteiger partial charge on any atom is -0.461 e. The van der Waals surface area contributed by atoms with Crippen molar-refractivity contribution < 1.29 is 9.13 Å². The Morgan fingerprint density at radius 3 is 2.90 bits per heavy atom. The molecule has 3 saturated heterocycles. The smallest absolute Gasteiger partial charge is 0.320 e. The van der Waals surface area contributed by atoms with Gasteiger partial charge in [-0.1, -0.05) is 0 Å². The third-order valence-corrected chi connectivity index (χ3v) is 12.5. The van der Waals surface area contributed by atoms with E-state index in [0.717, 1.165) is 35.7 Å². The van der Waals surface area contributed by atoms with E-state index in [4.69, 9.17) is 20.4 Å². The lowest BCUT2D eigenvalue weighted by molar-refractivity contribution is 0.107. The Kier molecular flexibility index (Phi) is 5.96. The number of thiophene rings is 1. The van der Waals surface area contributed by atoms with Crippen LogP contribution < -0.4 is 15.4 Å². The summed E-state index contributed by atoms with van der Waals surface area (Å²) in [6.07, 6.45) is 5.09. The van der Waals surface area contributed by atoms with Crippen molar-refractivity contribution in [2.75, 3.05) is 43.4 Å². The number of alkyl halides is 1. The van der Waals surface area contributed by atoms with Crippen LogP contribution in [-0.4, -0.2) is 68.9 Å². The fourth-order valence-corrected chi connectivity index (χ4v) is 10.6. The molecule has 4 aromatic rings. The lowest BCUT2D eigenvalue weighted by Gasteiger charge is -2.48. The van der Waals surface area contributed by atoms with E-state index in [9.17, 15) is 14.9 Å². The second-order valence-electron chi connectivity index (χ2n) is 11.5. The highest BCUT2D eigenvalue weighted by atomic mass is 32.2. The molecule has 8 heterocycles. The maximum absolute atomic E-state index is 14.4. The van der Waals surface area contributed by atoms with E-state index >= 15 is 0 Å². The molecular formula is C28H26FN9OS3. The van der Waals surface area contributed by atoms with E-state index < -0.39 is 6.17 Å². The van der Waals surface area contributed by atoms with Gasteiger partial charge in [-0.25, -0.2) is 9.37 Å². The summed E-state index contributed by atoms with van der Waals surface area (Å²) in [6.45, 7) is 3.37. The van der Waals surface area contributed by atoms with Crippen LogP contribution in [-0.2, 0) is 17.0 Å². The first-order valence-electron chi connectivity index (χ1n) is 13.8. The number of nitrogen functional groups attached to an aromatic ring is 1. The molecule has 14 heteroatoms. The Labute approximate surface area is 253 Å². The van der Waals surface area contributed by atoms with Crippen molar-refractivity contribution in [3.05, 3.63) is 44.3 Å². The third kappa shape index (κ3) is 3.85. The fraction of sp³-hybridized carbons (Fsp3) is 0.464. The number of nitrogens with two attached hydrogens (primary N) is 1. The Morgan fingerprint density at radius 1 is 1.24 bits per heavy atom. The first-order chi connectivity index (χ1) is 20.4. The normalized spacial score (nSPS) is 24.1. The van der Waals surface area contributed by atoms with Gasteiger partial charge in [0, 0.05) is 60.0 Å². The lowest BCUT2D eigenvalue weighted by atomic mass is 9.88. The van der Waals surface area contributed by atoms with E-state index in [1.807, 2.05) is 21.7 Å². The maximum atomic E-state index is 14.4. The van der Waals surface area contributed by atoms with E-state index in [-0.39, 0.29) is 16.3 Å². The molecule has 4 aromatic heterocycles. The lowest BCUT2D eigenvalue weighted by Crippen LogP contribution is -2.57. The molecule has 3 fully saturated rings. The van der Waals surface area contributed by atoms with Gasteiger partial charge in [-0.2, -0.15) is 20.5 Å². The van der Waals surface area contributed by atoms with E-state index in [1.165, 1.54) is 16.2 Å². The molecule has 0 radical (unpaired) electrons. The van der Waals surface area contributed by atoms with Gasteiger partial charge in [-0.05, 0) is 19.4 Å². The van der Waals surface area contributed by atoms with Gasteiger partial charge in [0.1, 0.15) is 40.7 Å². The number of nitrogens with zero attached hydrogens (tertiary/aromatic N) is 8. The number of aromatic nitrogens is 4. The van der Waals surface area contributed by atoms with Gasteiger partial charge in [0.15, 0.2) is 5.65 Å². The zero-order valence-corrected chi connectivity index (χ0v) is 25.0. The Balaban J connectivity index is 1.18. The molecule has 214 valence electrons. The van der Waals surface area contributed by atoms with Gasteiger partial charge in [0.2, 0.25) is 0 Å². The van der Waals surface area contributed by atoms with Crippen molar-refractivity contribution in [3.8, 4) is 18.1 Å². The van der Waals surface area contributed by atoms with Gasteiger partial charge in [-0.15, -0.1) is 34.4 Å². The quantitative estimate of drug-likeness (QED) is 0.334. The molecule has 0 amide bonds. The van der Waals surface area contributed by atoms with Crippen molar-refractivity contribution in [2.24, 2.45) is 0 Å². The summed E-state index contributed by atoms with van der Waals surface area (Å²) in [5.74, 6) is 1.47. The average molecular weight is 620 g/mol. The molecule has 0 bridgehead atoms. The summed E-state index contributed by atoms with van der Waals surface area (Å²) in [4.78, 5) is 19.7. The van der Waals surface area contributed by atoms with Gasteiger partial charge in [0.05, 0.1) is 33.3 Å². The Bertz CT molecular complexity index is 1800. The van der Waals surface area contributed by atoms with E-state index in [0.29, 0.717) is 72.2 Å². The van der Waals surface area contributed by atoms with E-state index in [1.54, 1.807) is 23.7 Å². The first kappa shape index (κ1) is 26.2. The fourth-order valence-electron chi connectivity index (χ4n) is 7.21. The van der Waals surface area contributed by atoms with Gasteiger partial charge < -0.3 is 19.9 Å². The molecule has 4 aliphatic heterocycles. The molecule has 8 rings (SSSR count). The number of rotatable bonds is 6. The Hall–Kier alpha value is -3.43. The van der Waals surface area contributed by atoms with Crippen LogP contribution in [0.3, 0.4) is 0 Å². The number of hydrogen-bond acceptors (Lipinski definition) is 12. The van der Waals surface area contributed by atoms with Crippen LogP contribution in [0.25, 0.3) is 11.0 Å². The summed E-state index contributed by atoms with van der Waals surface area (Å²) >= 11 is 4.89. The number of thioether (sulfide) groups is 1. The van der Waals surface area contributed by atoms with E-state index in [2.05, 4.69) is 26.9 Å². The molecule has 0 saturated carbocycles. The zero-order chi connectivity index (χ0) is 28.6. The molecule has 0 aliphatic carbocycles. The number of hydrogen-bond donors (Lipinski definition) is 1. The molecular weight excluding hydrogens is 594 g/mol. The van der Waals surface area contributed by atoms with Crippen LogP contribution >= 0.6 is 34.4 Å². The topological polar surface area (TPSA) is 133 Å². The van der Waals surface area contributed by atoms with Gasteiger partial charge in [-0.3, -0.25) is 4.90 Å². The number of ether oxygens (including phenoxy) is 1. The highest BCUT2D eigenvalue weighted by Crippen LogP contribution is 2.58. The van der Waals surface area contributed by atoms with Crippen LogP contribution in [0, 0.1) is 22.7 Å². The molecule has 10 nitrogen and oxygen atoms in total. The third-order valence-electron chi connectivity index (χ3n) is 9.06. The van der Waals surface area contributed by atoms with Crippen molar-refractivity contribution in [1.82, 2.24) is 24.4 Å². The second-order valence-corrected chi connectivity index (χ2v) is 15.0. The molecule has 0 aromatic carbocycles. The Morgan fingerprint density at radius 2 is 2.12 bits per heavy atom. The largest absolute Gasteiger partial charge is 0.461 e. The molecule has 42 heavy (non-hydrogen) atoms. The minimum absolute atomic E-state index is 0.224. The average Bonchev–Trinajstić information content (AvgIpc) is 3.78. The summed E-state index contributed by atoms with van der Waals surface area (Å²) in [6, 6.07) is 4.89. The molecule has 1 spiro atoms. The number of thiazole rings is 1. The van der Waals surface area contributed by atoms with Crippen molar-refractivity contribution in [3.63, 3.8) is 0 Å².